The Morgan fingerprint density at radius 2 is 1.83 bits per heavy atom. The third kappa shape index (κ3) is 5.56. The van der Waals surface area contributed by atoms with Crippen molar-refractivity contribution in [2.75, 3.05) is 13.6 Å². The van der Waals surface area contributed by atoms with Gasteiger partial charge >= 0.3 is 0 Å². The van der Waals surface area contributed by atoms with Crippen LogP contribution in [0.5, 0.6) is 0 Å². The molecule has 0 radical (unpaired) electrons. The number of hydrogen-bond acceptors (Lipinski definition) is 6. The Bertz CT molecular complexity index is 1040. The van der Waals surface area contributed by atoms with E-state index in [9.17, 15) is 18.0 Å². The fourth-order valence-corrected chi connectivity index (χ4v) is 4.39. The van der Waals surface area contributed by atoms with E-state index in [-0.39, 0.29) is 23.3 Å². The molecule has 0 spiro atoms. The zero-order valence-corrected chi connectivity index (χ0v) is 17.8. The van der Waals surface area contributed by atoms with Crippen molar-refractivity contribution in [2.45, 2.75) is 18.0 Å². The first kappa shape index (κ1) is 21.8. The minimum atomic E-state index is -3.91. The summed E-state index contributed by atoms with van der Waals surface area (Å²) < 4.78 is 32.7. The molecule has 0 bridgehead atoms. The molecule has 10 heteroatoms. The van der Waals surface area contributed by atoms with Crippen molar-refractivity contribution in [3.8, 4) is 0 Å². The van der Waals surface area contributed by atoms with Crippen LogP contribution < -0.4 is 10.0 Å². The SMILES string of the molecule is CNC(=O)c1ccc(S(=O)(=O)NCC(=O)N(Cc2ccco2)Cc2cccs2)cc1. The number of sulfonamides is 1. The fraction of sp³-hybridized carbons (Fsp3) is 0.200. The standard InChI is InChI=1S/C20H21N3O5S2/c1-21-20(25)15-6-8-18(9-7-15)30(26,27)22-12-19(24)23(13-16-4-2-10-28-16)14-17-5-3-11-29-17/h2-11,22H,12-14H2,1H3,(H,21,25). The summed E-state index contributed by atoms with van der Waals surface area (Å²) in [5, 5.41) is 4.38. The van der Waals surface area contributed by atoms with Crippen LogP contribution in [0.4, 0.5) is 0 Å². The quantitative estimate of drug-likeness (QED) is 0.523. The number of nitrogens with one attached hydrogen (secondary N) is 2. The number of hydrogen-bond donors (Lipinski definition) is 2. The molecule has 0 aliphatic rings. The van der Waals surface area contributed by atoms with Crippen molar-refractivity contribution in [2.24, 2.45) is 0 Å². The summed E-state index contributed by atoms with van der Waals surface area (Å²) in [7, 11) is -2.42. The molecule has 0 aliphatic carbocycles. The molecule has 2 N–H and O–H groups in total. The Morgan fingerprint density at radius 3 is 2.43 bits per heavy atom. The largest absolute Gasteiger partial charge is 0.467 e. The summed E-state index contributed by atoms with van der Waals surface area (Å²) in [5.41, 5.74) is 0.341. The zero-order valence-electron chi connectivity index (χ0n) is 16.2. The first-order valence-electron chi connectivity index (χ1n) is 9.03. The molecule has 30 heavy (non-hydrogen) atoms. The third-order valence-corrected chi connectivity index (χ3v) is 6.55. The normalized spacial score (nSPS) is 11.2. The van der Waals surface area contributed by atoms with E-state index >= 15 is 0 Å². The lowest BCUT2D eigenvalue weighted by Crippen LogP contribution is -2.39. The van der Waals surface area contributed by atoms with Gasteiger partial charge in [0.05, 0.1) is 30.8 Å². The highest BCUT2D eigenvalue weighted by molar-refractivity contribution is 7.89. The number of rotatable bonds is 9. The molecule has 3 aromatic rings. The minimum Gasteiger partial charge on any atom is -0.467 e. The predicted molar refractivity (Wildman–Crippen MR) is 112 cm³/mol. The lowest BCUT2D eigenvalue weighted by atomic mass is 10.2. The predicted octanol–water partition coefficient (Wildman–Crippen LogP) is 2.21. The molecule has 0 saturated heterocycles. The van der Waals surface area contributed by atoms with E-state index in [4.69, 9.17) is 4.42 Å². The number of nitrogens with zero attached hydrogens (tertiary/aromatic N) is 1. The molecule has 0 aliphatic heterocycles. The number of benzene rings is 1. The number of furan rings is 1. The lowest BCUT2D eigenvalue weighted by molar-refractivity contribution is -0.131. The van der Waals surface area contributed by atoms with Gasteiger partial charge in [0.1, 0.15) is 5.76 Å². The molecule has 0 saturated carbocycles. The Labute approximate surface area is 178 Å². The van der Waals surface area contributed by atoms with E-state index in [2.05, 4.69) is 10.0 Å². The third-order valence-electron chi connectivity index (χ3n) is 4.27. The minimum absolute atomic E-state index is 0.0289. The average molecular weight is 448 g/mol. The van der Waals surface area contributed by atoms with Gasteiger partial charge in [-0.05, 0) is 47.8 Å². The first-order valence-corrected chi connectivity index (χ1v) is 11.4. The van der Waals surface area contributed by atoms with Crippen LogP contribution in [-0.2, 0) is 27.9 Å². The maximum absolute atomic E-state index is 12.8. The van der Waals surface area contributed by atoms with Gasteiger partial charge in [0.2, 0.25) is 15.9 Å². The van der Waals surface area contributed by atoms with Crippen LogP contribution in [0, 0.1) is 0 Å². The Kier molecular flexibility index (Phi) is 7.03. The summed E-state index contributed by atoms with van der Waals surface area (Å²) in [6.45, 7) is 0.178. The average Bonchev–Trinajstić information content (AvgIpc) is 3.45. The van der Waals surface area contributed by atoms with Gasteiger partial charge in [0, 0.05) is 17.5 Å². The Hall–Kier alpha value is -2.95. The van der Waals surface area contributed by atoms with Gasteiger partial charge in [0.25, 0.3) is 5.91 Å². The molecule has 2 heterocycles. The summed E-state index contributed by atoms with van der Waals surface area (Å²) >= 11 is 1.51. The lowest BCUT2D eigenvalue weighted by Gasteiger charge is -2.21. The van der Waals surface area contributed by atoms with E-state index < -0.39 is 16.6 Å². The molecular formula is C20H21N3O5S2. The second-order valence-corrected chi connectivity index (χ2v) is 9.14. The number of carbonyl (C=O) groups is 2. The molecule has 8 nitrogen and oxygen atoms in total. The van der Waals surface area contributed by atoms with E-state index in [1.807, 2.05) is 17.5 Å². The highest BCUT2D eigenvalue weighted by atomic mass is 32.2. The van der Waals surface area contributed by atoms with Gasteiger partial charge in [0.15, 0.2) is 0 Å². The Balaban J connectivity index is 1.67. The second kappa shape index (κ2) is 9.70. The topological polar surface area (TPSA) is 109 Å². The van der Waals surface area contributed by atoms with Crippen LogP contribution in [0.25, 0.3) is 0 Å². The fourth-order valence-electron chi connectivity index (χ4n) is 2.70. The smallest absolute Gasteiger partial charge is 0.251 e. The van der Waals surface area contributed by atoms with Crippen molar-refractivity contribution in [1.29, 1.82) is 0 Å². The van der Waals surface area contributed by atoms with Crippen molar-refractivity contribution in [1.82, 2.24) is 14.9 Å². The number of thiophene rings is 1. The second-order valence-electron chi connectivity index (χ2n) is 6.34. The first-order chi connectivity index (χ1) is 14.4. The van der Waals surface area contributed by atoms with Gasteiger partial charge in [-0.3, -0.25) is 9.59 Å². The molecule has 1 aromatic carbocycles. The summed E-state index contributed by atoms with van der Waals surface area (Å²) in [4.78, 5) is 26.8. The highest BCUT2D eigenvalue weighted by Gasteiger charge is 2.21. The van der Waals surface area contributed by atoms with Gasteiger partial charge in [-0.2, -0.15) is 0 Å². The van der Waals surface area contributed by atoms with Gasteiger partial charge < -0.3 is 14.6 Å². The number of amides is 2. The molecule has 0 atom stereocenters. The molecular weight excluding hydrogens is 426 g/mol. The van der Waals surface area contributed by atoms with Gasteiger partial charge in [-0.25, -0.2) is 13.1 Å². The molecule has 3 rings (SSSR count). The van der Waals surface area contributed by atoms with Crippen molar-refractivity contribution in [3.05, 3.63) is 76.4 Å². The summed E-state index contributed by atoms with van der Waals surface area (Å²) in [6, 6.07) is 12.8. The van der Waals surface area contributed by atoms with E-state index in [1.165, 1.54) is 53.8 Å². The van der Waals surface area contributed by atoms with Crippen LogP contribution in [0.15, 0.2) is 69.5 Å². The summed E-state index contributed by atoms with van der Waals surface area (Å²) in [5.74, 6) is -0.0952. The Morgan fingerprint density at radius 1 is 1.07 bits per heavy atom. The molecule has 0 fully saturated rings. The number of carbonyl (C=O) groups excluding carboxylic acids is 2. The maximum Gasteiger partial charge on any atom is 0.251 e. The van der Waals surface area contributed by atoms with Gasteiger partial charge in [-0.1, -0.05) is 6.07 Å². The van der Waals surface area contributed by atoms with Crippen LogP contribution >= 0.6 is 11.3 Å². The van der Waals surface area contributed by atoms with Gasteiger partial charge in [-0.15, -0.1) is 11.3 Å². The van der Waals surface area contributed by atoms with Crippen LogP contribution in [0.1, 0.15) is 21.0 Å². The molecule has 158 valence electrons. The van der Waals surface area contributed by atoms with E-state index in [0.29, 0.717) is 17.9 Å². The maximum atomic E-state index is 12.8. The summed E-state index contributed by atoms with van der Waals surface area (Å²) in [6.07, 6.45) is 1.52. The molecule has 2 aromatic heterocycles. The molecule has 2 amide bonds. The van der Waals surface area contributed by atoms with Crippen molar-refractivity contribution in [3.63, 3.8) is 0 Å². The molecule has 0 unspecified atom stereocenters. The van der Waals surface area contributed by atoms with Crippen LogP contribution in [0.3, 0.4) is 0 Å². The van der Waals surface area contributed by atoms with E-state index in [0.717, 1.165) is 4.88 Å². The highest BCUT2D eigenvalue weighted by Crippen LogP contribution is 2.16. The zero-order chi connectivity index (χ0) is 21.6. The van der Waals surface area contributed by atoms with E-state index in [1.54, 1.807) is 12.1 Å². The monoisotopic (exact) mass is 447 g/mol. The van der Waals surface area contributed by atoms with Crippen molar-refractivity contribution < 1.29 is 22.4 Å². The van der Waals surface area contributed by atoms with Crippen LogP contribution in [0.2, 0.25) is 0 Å². The van der Waals surface area contributed by atoms with Crippen LogP contribution in [-0.4, -0.2) is 38.7 Å². The van der Waals surface area contributed by atoms with Crippen molar-refractivity contribution >= 4 is 33.2 Å².